The largest absolute Gasteiger partial charge is 0.357 e. The topological polar surface area (TPSA) is 78.4 Å². The maximum Gasteiger partial charge on any atom is 0.229 e. The maximum atomic E-state index is 12.6. The molecule has 7 nitrogen and oxygen atoms in total. The number of carbonyl (C=O) groups is 2. The van der Waals surface area contributed by atoms with Gasteiger partial charge >= 0.3 is 0 Å². The van der Waals surface area contributed by atoms with E-state index in [9.17, 15) is 9.59 Å². The SMILES string of the molecule is O=C(Nc1ccc(N2CCCC2)nc1)C1CC(=O)N(Cc2ccccn2)C1. The van der Waals surface area contributed by atoms with Gasteiger partial charge in [-0.2, -0.15) is 0 Å². The second-order valence-electron chi connectivity index (χ2n) is 7.08. The molecule has 7 heteroatoms. The lowest BCUT2D eigenvalue weighted by Crippen LogP contribution is -2.28. The highest BCUT2D eigenvalue weighted by atomic mass is 16.2. The van der Waals surface area contributed by atoms with Gasteiger partial charge in [-0.05, 0) is 37.1 Å². The van der Waals surface area contributed by atoms with Gasteiger partial charge < -0.3 is 15.1 Å². The maximum absolute atomic E-state index is 12.6. The number of carbonyl (C=O) groups excluding carboxylic acids is 2. The first-order valence-electron chi connectivity index (χ1n) is 9.38. The molecule has 2 fully saturated rings. The molecule has 4 heterocycles. The third-order valence-corrected chi connectivity index (χ3v) is 5.11. The normalized spacial score (nSPS) is 19.6. The highest BCUT2D eigenvalue weighted by Gasteiger charge is 2.34. The molecule has 1 unspecified atom stereocenters. The quantitative estimate of drug-likeness (QED) is 0.878. The molecular weight excluding hydrogens is 342 g/mol. The first-order valence-corrected chi connectivity index (χ1v) is 9.38. The van der Waals surface area contributed by atoms with Gasteiger partial charge in [0.2, 0.25) is 11.8 Å². The van der Waals surface area contributed by atoms with E-state index < -0.39 is 0 Å². The van der Waals surface area contributed by atoms with Crippen molar-refractivity contribution in [2.24, 2.45) is 5.92 Å². The predicted octanol–water partition coefficient (Wildman–Crippen LogP) is 2.06. The number of hydrogen-bond donors (Lipinski definition) is 1. The monoisotopic (exact) mass is 365 g/mol. The van der Waals surface area contributed by atoms with Crippen molar-refractivity contribution in [1.82, 2.24) is 14.9 Å². The van der Waals surface area contributed by atoms with Crippen LogP contribution in [-0.2, 0) is 16.1 Å². The Morgan fingerprint density at radius 1 is 1.15 bits per heavy atom. The second kappa shape index (κ2) is 7.73. The lowest BCUT2D eigenvalue weighted by Gasteiger charge is -2.17. The molecule has 27 heavy (non-hydrogen) atoms. The van der Waals surface area contributed by atoms with Gasteiger partial charge in [-0.1, -0.05) is 6.07 Å². The van der Waals surface area contributed by atoms with Crippen molar-refractivity contribution in [2.75, 3.05) is 29.9 Å². The van der Waals surface area contributed by atoms with Crippen LogP contribution in [0.5, 0.6) is 0 Å². The van der Waals surface area contributed by atoms with Gasteiger partial charge in [-0.15, -0.1) is 0 Å². The van der Waals surface area contributed by atoms with Crippen LogP contribution >= 0.6 is 0 Å². The number of nitrogens with zero attached hydrogens (tertiary/aromatic N) is 4. The number of nitrogens with one attached hydrogen (secondary N) is 1. The van der Waals surface area contributed by atoms with Crippen LogP contribution in [0.4, 0.5) is 11.5 Å². The van der Waals surface area contributed by atoms with Crippen LogP contribution in [0.25, 0.3) is 0 Å². The van der Waals surface area contributed by atoms with E-state index in [1.807, 2.05) is 30.3 Å². The molecule has 2 aromatic rings. The number of rotatable bonds is 5. The zero-order valence-electron chi connectivity index (χ0n) is 15.2. The lowest BCUT2D eigenvalue weighted by atomic mass is 10.1. The average molecular weight is 365 g/mol. The van der Waals surface area contributed by atoms with E-state index in [1.165, 1.54) is 12.8 Å². The predicted molar refractivity (Wildman–Crippen MR) is 102 cm³/mol. The standard InChI is InChI=1S/C20H23N5O2/c26-19-11-15(13-25(19)14-17-5-1-2-8-21-17)20(27)23-16-6-7-18(22-12-16)24-9-3-4-10-24/h1-2,5-8,12,15H,3-4,9-11,13-14H2,(H,23,27). The van der Waals surface area contributed by atoms with Crippen LogP contribution in [-0.4, -0.2) is 46.3 Å². The third-order valence-electron chi connectivity index (χ3n) is 5.11. The molecule has 1 atom stereocenters. The molecule has 140 valence electrons. The Morgan fingerprint density at radius 3 is 2.70 bits per heavy atom. The number of pyridine rings is 2. The van der Waals surface area contributed by atoms with Gasteiger partial charge in [0.15, 0.2) is 0 Å². The summed E-state index contributed by atoms with van der Waals surface area (Å²) in [4.78, 5) is 37.4. The molecule has 2 aliphatic rings. The highest BCUT2D eigenvalue weighted by Crippen LogP contribution is 2.23. The van der Waals surface area contributed by atoms with E-state index in [-0.39, 0.29) is 24.2 Å². The summed E-state index contributed by atoms with van der Waals surface area (Å²) in [7, 11) is 0. The van der Waals surface area contributed by atoms with Crippen LogP contribution in [0.15, 0.2) is 42.7 Å². The summed E-state index contributed by atoms with van der Waals surface area (Å²) in [6, 6.07) is 9.43. The Morgan fingerprint density at radius 2 is 2.00 bits per heavy atom. The molecule has 0 aromatic carbocycles. The molecule has 0 radical (unpaired) electrons. The smallest absolute Gasteiger partial charge is 0.229 e. The Balaban J connectivity index is 1.33. The van der Waals surface area contributed by atoms with Crippen LogP contribution in [0.3, 0.4) is 0 Å². The zero-order valence-corrected chi connectivity index (χ0v) is 15.2. The van der Waals surface area contributed by atoms with E-state index in [4.69, 9.17) is 0 Å². The molecule has 2 aliphatic heterocycles. The Kier molecular flexibility index (Phi) is 5.00. The molecular formula is C20H23N5O2. The van der Waals surface area contributed by atoms with Gasteiger partial charge in [-0.3, -0.25) is 14.6 Å². The van der Waals surface area contributed by atoms with Gasteiger partial charge in [0.25, 0.3) is 0 Å². The summed E-state index contributed by atoms with van der Waals surface area (Å²) in [6.45, 7) is 2.93. The van der Waals surface area contributed by atoms with Crippen LogP contribution in [0.1, 0.15) is 25.0 Å². The van der Waals surface area contributed by atoms with Crippen LogP contribution < -0.4 is 10.2 Å². The van der Waals surface area contributed by atoms with E-state index in [0.717, 1.165) is 24.6 Å². The van der Waals surface area contributed by atoms with Gasteiger partial charge in [-0.25, -0.2) is 4.98 Å². The van der Waals surface area contributed by atoms with E-state index in [2.05, 4.69) is 20.2 Å². The molecule has 2 saturated heterocycles. The summed E-state index contributed by atoms with van der Waals surface area (Å²) in [6.07, 6.45) is 6.03. The summed E-state index contributed by atoms with van der Waals surface area (Å²) < 4.78 is 0. The highest BCUT2D eigenvalue weighted by molar-refractivity contribution is 5.97. The van der Waals surface area contributed by atoms with Crippen LogP contribution in [0, 0.1) is 5.92 Å². The van der Waals surface area contributed by atoms with E-state index in [1.54, 1.807) is 17.3 Å². The molecule has 1 N–H and O–H groups in total. The number of anilines is 2. The fourth-order valence-corrected chi connectivity index (χ4v) is 3.63. The number of aromatic nitrogens is 2. The van der Waals surface area contributed by atoms with Crippen molar-refractivity contribution in [3.63, 3.8) is 0 Å². The fourth-order valence-electron chi connectivity index (χ4n) is 3.63. The average Bonchev–Trinajstić information content (AvgIpc) is 3.34. The first-order chi connectivity index (χ1) is 13.2. The Hall–Kier alpha value is -2.96. The van der Waals surface area contributed by atoms with Gasteiger partial charge in [0.05, 0.1) is 30.0 Å². The summed E-state index contributed by atoms with van der Waals surface area (Å²) in [5.41, 5.74) is 1.49. The first kappa shape index (κ1) is 17.5. The summed E-state index contributed by atoms with van der Waals surface area (Å²) in [5, 5.41) is 2.89. The Bertz CT molecular complexity index is 803. The van der Waals surface area contributed by atoms with Crippen molar-refractivity contribution in [2.45, 2.75) is 25.8 Å². The third kappa shape index (κ3) is 4.07. The van der Waals surface area contributed by atoms with Crippen LogP contribution in [0.2, 0.25) is 0 Å². The van der Waals surface area contributed by atoms with Crippen molar-refractivity contribution in [3.8, 4) is 0 Å². The minimum absolute atomic E-state index is 0.0108. The number of hydrogen-bond acceptors (Lipinski definition) is 5. The van der Waals surface area contributed by atoms with Crippen molar-refractivity contribution in [1.29, 1.82) is 0 Å². The minimum Gasteiger partial charge on any atom is -0.357 e. The number of amides is 2. The summed E-state index contributed by atoms with van der Waals surface area (Å²) in [5.74, 6) is 0.452. The minimum atomic E-state index is -0.348. The summed E-state index contributed by atoms with van der Waals surface area (Å²) >= 11 is 0. The number of likely N-dealkylation sites (tertiary alicyclic amines) is 1. The van der Waals surface area contributed by atoms with Crippen molar-refractivity contribution < 1.29 is 9.59 Å². The van der Waals surface area contributed by atoms with Gasteiger partial charge in [0, 0.05) is 32.3 Å². The second-order valence-corrected chi connectivity index (χ2v) is 7.08. The van der Waals surface area contributed by atoms with Crippen molar-refractivity contribution in [3.05, 3.63) is 48.4 Å². The molecule has 2 amide bonds. The fraction of sp³-hybridized carbons (Fsp3) is 0.400. The molecule has 0 bridgehead atoms. The molecule has 2 aromatic heterocycles. The van der Waals surface area contributed by atoms with Crippen molar-refractivity contribution >= 4 is 23.3 Å². The van der Waals surface area contributed by atoms with E-state index >= 15 is 0 Å². The van der Waals surface area contributed by atoms with Gasteiger partial charge in [0.1, 0.15) is 5.82 Å². The zero-order chi connectivity index (χ0) is 18.6. The molecule has 0 aliphatic carbocycles. The van der Waals surface area contributed by atoms with E-state index in [0.29, 0.717) is 18.8 Å². The molecule has 4 rings (SSSR count). The molecule has 0 spiro atoms. The lowest BCUT2D eigenvalue weighted by molar-refractivity contribution is -0.128. The Labute approximate surface area is 158 Å². The molecule has 0 saturated carbocycles.